The topological polar surface area (TPSA) is 66.9 Å². The summed E-state index contributed by atoms with van der Waals surface area (Å²) in [6, 6.07) is 9.23. The van der Waals surface area contributed by atoms with Gasteiger partial charge in [-0.3, -0.25) is 9.20 Å². The highest BCUT2D eigenvalue weighted by Crippen LogP contribution is 2.36. The maximum absolute atomic E-state index is 12.8. The quantitative estimate of drug-likeness (QED) is 0.417. The van der Waals surface area contributed by atoms with Crippen molar-refractivity contribution in [2.24, 2.45) is 0 Å². The molecule has 0 unspecified atom stereocenters. The average Bonchev–Trinajstić information content (AvgIpc) is 2.87. The summed E-state index contributed by atoms with van der Waals surface area (Å²) in [6.45, 7) is 0. The number of hydrogen-bond acceptors (Lipinski definition) is 4. The summed E-state index contributed by atoms with van der Waals surface area (Å²) in [5, 5.41) is 14.0. The lowest BCUT2D eigenvalue weighted by Crippen LogP contribution is -2.29. The van der Waals surface area contributed by atoms with Crippen molar-refractivity contribution < 1.29 is 14.2 Å². The number of rotatable bonds is 2. The van der Waals surface area contributed by atoms with Crippen LogP contribution in [0, 0.1) is 5.21 Å². The second-order valence-electron chi connectivity index (χ2n) is 4.98. The number of pyridine rings is 2. The zero-order chi connectivity index (χ0) is 15.4. The van der Waals surface area contributed by atoms with Gasteiger partial charge in [0.1, 0.15) is 5.52 Å². The SMILES string of the molecule is COc1c(OC)c2c3c(cc[n+]2[O-])c2ccccc2n3c1=O. The van der Waals surface area contributed by atoms with E-state index in [1.807, 2.05) is 24.3 Å². The van der Waals surface area contributed by atoms with Crippen LogP contribution in [0.1, 0.15) is 0 Å². The van der Waals surface area contributed by atoms with Crippen LogP contribution < -0.4 is 19.8 Å². The average molecular weight is 296 g/mol. The Bertz CT molecular complexity index is 1080. The first-order valence-corrected chi connectivity index (χ1v) is 6.71. The molecule has 0 aliphatic rings. The van der Waals surface area contributed by atoms with E-state index >= 15 is 0 Å². The van der Waals surface area contributed by atoms with E-state index in [2.05, 4.69) is 0 Å². The standard InChI is InChI=1S/C16H12N2O4/c1-21-14-13-12-10(7-8-17(13)20)9-5-3-4-6-11(9)18(12)16(19)15(14)22-2/h3-8H,1-2H3. The van der Waals surface area contributed by atoms with Crippen LogP contribution in [-0.2, 0) is 0 Å². The van der Waals surface area contributed by atoms with Gasteiger partial charge in [0, 0.05) is 16.8 Å². The predicted octanol–water partition coefficient (Wildman–Crippen LogP) is 1.69. The molecule has 110 valence electrons. The number of nitrogens with zero attached hydrogens (tertiary/aromatic N) is 2. The first-order valence-electron chi connectivity index (χ1n) is 6.71. The molecule has 0 aliphatic carbocycles. The number of methoxy groups -OCH3 is 2. The molecule has 0 N–H and O–H groups in total. The minimum Gasteiger partial charge on any atom is -0.618 e. The lowest BCUT2D eigenvalue weighted by atomic mass is 10.1. The number of hydrogen-bond donors (Lipinski definition) is 0. The second-order valence-corrected chi connectivity index (χ2v) is 4.98. The van der Waals surface area contributed by atoms with E-state index in [1.165, 1.54) is 24.8 Å². The molecule has 0 bridgehead atoms. The summed E-state index contributed by atoms with van der Waals surface area (Å²) in [5.74, 6) is 0.178. The highest BCUT2D eigenvalue weighted by Gasteiger charge is 2.27. The molecule has 6 nitrogen and oxygen atoms in total. The molecule has 22 heavy (non-hydrogen) atoms. The summed E-state index contributed by atoms with van der Waals surface area (Å²) >= 11 is 0. The van der Waals surface area contributed by atoms with Gasteiger partial charge >= 0.3 is 5.56 Å². The van der Waals surface area contributed by atoms with Crippen molar-refractivity contribution >= 4 is 27.3 Å². The molecule has 0 spiro atoms. The lowest BCUT2D eigenvalue weighted by molar-refractivity contribution is -0.577. The lowest BCUT2D eigenvalue weighted by Gasteiger charge is -2.10. The Hall–Kier alpha value is -3.02. The van der Waals surface area contributed by atoms with Gasteiger partial charge < -0.3 is 14.7 Å². The Balaban J connectivity index is 2.48. The maximum atomic E-state index is 12.8. The number of para-hydroxylation sites is 1. The van der Waals surface area contributed by atoms with Crippen LogP contribution in [-0.4, -0.2) is 18.6 Å². The first kappa shape index (κ1) is 12.7. The van der Waals surface area contributed by atoms with E-state index in [4.69, 9.17) is 9.47 Å². The molecule has 0 saturated carbocycles. The predicted molar refractivity (Wildman–Crippen MR) is 81.9 cm³/mol. The number of aromatic nitrogens is 2. The summed E-state index contributed by atoms with van der Waals surface area (Å²) in [7, 11) is 2.80. The van der Waals surface area contributed by atoms with Crippen LogP contribution >= 0.6 is 0 Å². The third-order valence-corrected chi connectivity index (χ3v) is 3.96. The van der Waals surface area contributed by atoms with Crippen LogP contribution in [0.5, 0.6) is 11.5 Å². The van der Waals surface area contributed by atoms with E-state index < -0.39 is 0 Å². The minimum atomic E-state index is -0.343. The van der Waals surface area contributed by atoms with Gasteiger partial charge in [0.15, 0.2) is 6.20 Å². The summed E-state index contributed by atoms with van der Waals surface area (Å²) in [4.78, 5) is 12.8. The van der Waals surface area contributed by atoms with Crippen molar-refractivity contribution in [1.82, 2.24) is 4.40 Å². The van der Waals surface area contributed by atoms with Crippen LogP contribution in [0.25, 0.3) is 27.3 Å². The Morgan fingerprint density at radius 3 is 2.50 bits per heavy atom. The molecule has 0 aliphatic heterocycles. The van der Waals surface area contributed by atoms with Crippen LogP contribution in [0.2, 0.25) is 0 Å². The number of benzene rings is 1. The van der Waals surface area contributed by atoms with Gasteiger partial charge in [-0.2, -0.15) is 4.73 Å². The Morgan fingerprint density at radius 1 is 1.05 bits per heavy atom. The van der Waals surface area contributed by atoms with E-state index in [0.717, 1.165) is 16.3 Å². The van der Waals surface area contributed by atoms with Gasteiger partial charge in [0.2, 0.25) is 11.5 Å². The van der Waals surface area contributed by atoms with E-state index in [0.29, 0.717) is 10.2 Å². The van der Waals surface area contributed by atoms with Crippen molar-refractivity contribution in [2.45, 2.75) is 0 Å². The molecule has 3 aromatic heterocycles. The molecule has 0 atom stereocenters. The maximum Gasteiger partial charge on any atom is 0.302 e. The van der Waals surface area contributed by atoms with Crippen LogP contribution in [0.4, 0.5) is 0 Å². The fourth-order valence-corrected chi connectivity index (χ4v) is 3.08. The van der Waals surface area contributed by atoms with E-state index in [1.54, 1.807) is 6.07 Å². The van der Waals surface area contributed by atoms with Crippen molar-refractivity contribution in [3.8, 4) is 11.5 Å². The first-order chi connectivity index (χ1) is 10.7. The molecule has 4 aromatic rings. The van der Waals surface area contributed by atoms with Gasteiger partial charge in [-0.1, -0.05) is 18.2 Å². The van der Waals surface area contributed by atoms with Crippen molar-refractivity contribution in [1.29, 1.82) is 0 Å². The Morgan fingerprint density at radius 2 is 1.77 bits per heavy atom. The summed E-state index contributed by atoms with van der Waals surface area (Å²) < 4.78 is 12.7. The van der Waals surface area contributed by atoms with Gasteiger partial charge in [-0.05, 0) is 6.07 Å². The Kier molecular flexibility index (Phi) is 2.45. The highest BCUT2D eigenvalue weighted by atomic mass is 16.5. The molecule has 0 saturated heterocycles. The highest BCUT2D eigenvalue weighted by molar-refractivity contribution is 6.13. The van der Waals surface area contributed by atoms with Crippen molar-refractivity contribution in [2.75, 3.05) is 14.2 Å². The molecule has 0 amide bonds. The zero-order valence-electron chi connectivity index (χ0n) is 12.0. The van der Waals surface area contributed by atoms with Gasteiger partial charge in [-0.15, -0.1) is 0 Å². The summed E-state index contributed by atoms with van der Waals surface area (Å²) in [5.41, 5.74) is 1.22. The van der Waals surface area contributed by atoms with Gasteiger partial charge in [0.05, 0.1) is 19.7 Å². The molecular weight excluding hydrogens is 284 g/mol. The largest absolute Gasteiger partial charge is 0.618 e. The van der Waals surface area contributed by atoms with E-state index in [9.17, 15) is 10.0 Å². The molecule has 4 rings (SSSR count). The Labute approximate surface area is 124 Å². The zero-order valence-corrected chi connectivity index (χ0v) is 12.0. The van der Waals surface area contributed by atoms with Crippen LogP contribution in [0.15, 0.2) is 41.3 Å². The summed E-state index contributed by atoms with van der Waals surface area (Å²) in [6.07, 6.45) is 1.41. The normalized spacial score (nSPS) is 11.5. The molecule has 6 heteroatoms. The fraction of sp³-hybridized carbons (Fsp3) is 0.125. The minimum absolute atomic E-state index is 0.0217. The molecule has 0 fully saturated rings. The number of ether oxygens (including phenoxy) is 2. The number of fused-ring (bicyclic) bond motifs is 3. The fourth-order valence-electron chi connectivity index (χ4n) is 3.08. The molecule has 0 radical (unpaired) electrons. The smallest absolute Gasteiger partial charge is 0.302 e. The molecule has 3 heterocycles. The van der Waals surface area contributed by atoms with Gasteiger partial charge in [0.25, 0.3) is 5.52 Å². The van der Waals surface area contributed by atoms with E-state index in [-0.39, 0.29) is 22.6 Å². The monoisotopic (exact) mass is 296 g/mol. The van der Waals surface area contributed by atoms with Gasteiger partial charge in [-0.25, -0.2) is 0 Å². The third kappa shape index (κ3) is 1.34. The second kappa shape index (κ2) is 4.24. The van der Waals surface area contributed by atoms with Crippen molar-refractivity contribution in [3.05, 3.63) is 52.1 Å². The van der Waals surface area contributed by atoms with Crippen LogP contribution in [0.3, 0.4) is 0 Å². The molecular formula is C16H12N2O4. The van der Waals surface area contributed by atoms with Crippen molar-refractivity contribution in [3.63, 3.8) is 0 Å². The molecule has 1 aromatic carbocycles. The third-order valence-electron chi connectivity index (χ3n) is 3.96.